The molecular weight excluding hydrogens is 446 g/mol. The van der Waals surface area contributed by atoms with Crippen LogP contribution in [0.5, 0.6) is 0 Å². The van der Waals surface area contributed by atoms with Gasteiger partial charge in [-0.1, -0.05) is 37.6 Å². The third-order valence-electron chi connectivity index (χ3n) is 7.78. The van der Waals surface area contributed by atoms with Gasteiger partial charge in [-0.25, -0.2) is 0 Å². The first-order valence-electron chi connectivity index (χ1n) is 11.4. The van der Waals surface area contributed by atoms with Gasteiger partial charge in [-0.2, -0.15) is 0 Å². The van der Waals surface area contributed by atoms with Crippen LogP contribution in [0.3, 0.4) is 0 Å². The number of likely N-dealkylation sites (tertiary alicyclic amines) is 1. The predicted octanol–water partition coefficient (Wildman–Crippen LogP) is 2.11. The van der Waals surface area contributed by atoms with Crippen molar-refractivity contribution in [2.24, 2.45) is 17.8 Å². The summed E-state index contributed by atoms with van der Waals surface area (Å²) in [5.74, 6) is -2.65. The molecule has 180 valence electrons. The highest BCUT2D eigenvalue weighted by atomic mass is 35.5. The predicted molar refractivity (Wildman–Crippen MR) is 124 cm³/mol. The van der Waals surface area contributed by atoms with Crippen molar-refractivity contribution < 1.29 is 24.2 Å². The molecule has 8 nitrogen and oxygen atoms in total. The number of carbonyl (C=O) groups is 3. The number of amides is 3. The van der Waals surface area contributed by atoms with Crippen molar-refractivity contribution in [3.8, 4) is 0 Å². The van der Waals surface area contributed by atoms with Gasteiger partial charge in [-0.05, 0) is 44.2 Å². The van der Waals surface area contributed by atoms with Crippen LogP contribution in [0.1, 0.15) is 39.2 Å². The molecule has 2 bridgehead atoms. The molecule has 3 fully saturated rings. The van der Waals surface area contributed by atoms with Crippen molar-refractivity contribution in [3.05, 3.63) is 28.8 Å². The molecule has 3 N–H and O–H groups in total. The van der Waals surface area contributed by atoms with E-state index in [2.05, 4.69) is 10.6 Å². The number of rotatable bonds is 6. The van der Waals surface area contributed by atoms with Crippen LogP contribution >= 0.6 is 11.6 Å². The van der Waals surface area contributed by atoms with Gasteiger partial charge < -0.3 is 25.4 Å². The van der Waals surface area contributed by atoms with Crippen molar-refractivity contribution in [1.82, 2.24) is 10.2 Å². The molecule has 1 aromatic rings. The summed E-state index contributed by atoms with van der Waals surface area (Å²) in [5.41, 5.74) is -0.721. The second kappa shape index (κ2) is 8.25. The van der Waals surface area contributed by atoms with Gasteiger partial charge >= 0.3 is 0 Å². The normalized spacial score (nSPS) is 33.4. The maximum Gasteiger partial charge on any atom is 0.250 e. The van der Waals surface area contributed by atoms with Crippen LogP contribution in [0.2, 0.25) is 5.02 Å². The fraction of sp³-hybridized carbons (Fsp3) is 0.625. The average Bonchev–Trinajstić information content (AvgIpc) is 3.32. The maximum absolute atomic E-state index is 13.9. The lowest BCUT2D eigenvalue weighted by molar-refractivity contribution is -0.149. The van der Waals surface area contributed by atoms with E-state index in [1.54, 1.807) is 12.1 Å². The number of hydrogen-bond donors (Lipinski definition) is 3. The average molecular weight is 478 g/mol. The van der Waals surface area contributed by atoms with E-state index < -0.39 is 41.0 Å². The molecule has 2 unspecified atom stereocenters. The summed E-state index contributed by atoms with van der Waals surface area (Å²) in [6.45, 7) is 7.16. The molecule has 3 aliphatic rings. The number of aliphatic hydroxyl groups is 1. The third-order valence-corrected chi connectivity index (χ3v) is 8.09. The van der Waals surface area contributed by atoms with Crippen molar-refractivity contribution in [2.45, 2.75) is 63.8 Å². The third kappa shape index (κ3) is 3.37. The van der Waals surface area contributed by atoms with Gasteiger partial charge in [0.15, 0.2) is 0 Å². The zero-order valence-electron chi connectivity index (χ0n) is 19.6. The number of benzene rings is 1. The van der Waals surface area contributed by atoms with Gasteiger partial charge in [0, 0.05) is 7.05 Å². The molecule has 0 aliphatic carbocycles. The number of hydrogen-bond acceptors (Lipinski definition) is 5. The fourth-order valence-corrected chi connectivity index (χ4v) is 6.45. The van der Waals surface area contributed by atoms with Gasteiger partial charge in [0.05, 0.1) is 40.8 Å². The minimum atomic E-state index is -1.15. The quantitative estimate of drug-likeness (QED) is 0.581. The lowest BCUT2D eigenvalue weighted by atomic mass is 9.66. The minimum absolute atomic E-state index is 0.113. The highest BCUT2D eigenvalue weighted by Gasteiger charge is 2.78. The molecule has 3 saturated heterocycles. The first-order chi connectivity index (χ1) is 15.5. The molecule has 3 heterocycles. The highest BCUT2D eigenvalue weighted by Crippen LogP contribution is 2.63. The van der Waals surface area contributed by atoms with E-state index in [0.717, 1.165) is 5.56 Å². The standard InChI is InChI=1S/C24H32ClN3O5/c1-12(2)15(11-29)28-19(21(31)27-18-13(3)7-6-8-14(18)25)24-10-9-23(4,33-24)16(20(30)26-5)17(24)22(28)32/h6-8,12,15-17,19,29H,9-11H2,1-5H3,(H,26,30)(H,27,31)/t15-,16-,17-,19?,23+,24?/m0/s1. The summed E-state index contributed by atoms with van der Waals surface area (Å²) in [6, 6.07) is 3.73. The number of aryl methyl sites for hydroxylation is 1. The van der Waals surface area contributed by atoms with E-state index in [1.807, 2.05) is 33.8 Å². The molecular formula is C24H32ClN3O5. The fourth-order valence-electron chi connectivity index (χ4n) is 6.18. The molecule has 3 amide bonds. The highest BCUT2D eigenvalue weighted by molar-refractivity contribution is 6.34. The van der Waals surface area contributed by atoms with Crippen LogP contribution in [-0.4, -0.2) is 64.7 Å². The van der Waals surface area contributed by atoms with E-state index in [0.29, 0.717) is 23.6 Å². The van der Waals surface area contributed by atoms with E-state index in [-0.39, 0.29) is 24.3 Å². The number of carbonyl (C=O) groups excluding carboxylic acids is 3. The molecule has 0 radical (unpaired) electrons. The number of nitrogens with zero attached hydrogens (tertiary/aromatic N) is 1. The molecule has 0 saturated carbocycles. The Morgan fingerprint density at radius 3 is 2.58 bits per heavy atom. The maximum atomic E-state index is 13.9. The van der Waals surface area contributed by atoms with Crippen molar-refractivity contribution in [2.75, 3.05) is 19.0 Å². The van der Waals surface area contributed by atoms with Crippen molar-refractivity contribution in [1.29, 1.82) is 0 Å². The Morgan fingerprint density at radius 2 is 2.00 bits per heavy atom. The number of halogens is 1. The van der Waals surface area contributed by atoms with Gasteiger partial charge in [0.2, 0.25) is 17.7 Å². The van der Waals surface area contributed by atoms with E-state index in [1.165, 1.54) is 11.9 Å². The van der Waals surface area contributed by atoms with E-state index in [4.69, 9.17) is 16.3 Å². The van der Waals surface area contributed by atoms with Gasteiger partial charge in [0.25, 0.3) is 0 Å². The zero-order chi connectivity index (χ0) is 24.3. The Labute approximate surface area is 199 Å². The lowest BCUT2D eigenvalue weighted by Gasteiger charge is -2.38. The number of nitrogens with one attached hydrogen (secondary N) is 2. The number of ether oxygens (including phenoxy) is 1. The SMILES string of the molecule is CNC(=O)[C@@H]1[C@H]2C(=O)N([C@@H](CO)C(C)C)C(C(=O)Nc3c(C)cccc3Cl)C23CC[C@@]1(C)O3. The van der Waals surface area contributed by atoms with Crippen molar-refractivity contribution >= 4 is 35.0 Å². The minimum Gasteiger partial charge on any atom is -0.394 e. The Morgan fingerprint density at radius 1 is 1.30 bits per heavy atom. The summed E-state index contributed by atoms with van der Waals surface area (Å²) in [4.78, 5) is 42.1. The summed E-state index contributed by atoms with van der Waals surface area (Å²) in [6.07, 6.45) is 1.03. The Balaban J connectivity index is 1.82. The molecule has 1 aromatic carbocycles. The zero-order valence-corrected chi connectivity index (χ0v) is 20.4. The largest absolute Gasteiger partial charge is 0.394 e. The first kappa shape index (κ1) is 24.0. The smallest absolute Gasteiger partial charge is 0.250 e. The van der Waals surface area contributed by atoms with Crippen LogP contribution in [0.4, 0.5) is 5.69 Å². The Hall–Kier alpha value is -2.16. The lowest BCUT2D eigenvalue weighted by Crippen LogP contribution is -2.57. The second-order valence-electron chi connectivity index (χ2n) is 10.0. The summed E-state index contributed by atoms with van der Waals surface area (Å²) in [7, 11) is 1.54. The van der Waals surface area contributed by atoms with Crippen LogP contribution in [0.15, 0.2) is 18.2 Å². The van der Waals surface area contributed by atoms with E-state index >= 15 is 0 Å². The summed E-state index contributed by atoms with van der Waals surface area (Å²) >= 11 is 6.36. The van der Waals surface area contributed by atoms with Crippen LogP contribution < -0.4 is 10.6 Å². The Kier molecular flexibility index (Phi) is 6.00. The first-order valence-corrected chi connectivity index (χ1v) is 11.8. The number of anilines is 1. The summed E-state index contributed by atoms with van der Waals surface area (Å²) < 4.78 is 6.52. The summed E-state index contributed by atoms with van der Waals surface area (Å²) in [5, 5.41) is 16.2. The molecule has 3 aliphatic heterocycles. The van der Waals surface area contributed by atoms with E-state index in [9.17, 15) is 19.5 Å². The number of aliphatic hydroxyl groups excluding tert-OH is 1. The molecule has 6 atom stereocenters. The van der Waals surface area contributed by atoms with Gasteiger partial charge in [-0.15, -0.1) is 0 Å². The monoisotopic (exact) mass is 477 g/mol. The number of para-hydroxylation sites is 1. The molecule has 9 heteroatoms. The second-order valence-corrected chi connectivity index (χ2v) is 10.4. The molecule has 1 spiro atoms. The van der Waals surface area contributed by atoms with Gasteiger partial charge in [0.1, 0.15) is 11.6 Å². The Bertz CT molecular complexity index is 980. The topological polar surface area (TPSA) is 108 Å². The van der Waals surface area contributed by atoms with Gasteiger partial charge in [-0.3, -0.25) is 14.4 Å². The molecule has 33 heavy (non-hydrogen) atoms. The molecule has 4 rings (SSSR count). The molecule has 0 aromatic heterocycles. The van der Waals surface area contributed by atoms with Crippen molar-refractivity contribution in [3.63, 3.8) is 0 Å². The van der Waals surface area contributed by atoms with Crippen LogP contribution in [0, 0.1) is 24.7 Å². The van der Waals surface area contributed by atoms with Crippen LogP contribution in [-0.2, 0) is 19.1 Å². The van der Waals surface area contributed by atoms with Crippen LogP contribution in [0.25, 0.3) is 0 Å². The number of fused-ring (bicyclic) bond motifs is 1.